The third-order valence-electron chi connectivity index (χ3n) is 3.86. The van der Waals surface area contributed by atoms with Crippen molar-refractivity contribution in [3.05, 3.63) is 65.8 Å². The van der Waals surface area contributed by atoms with Crippen LogP contribution in [0, 0.1) is 7.14 Å². The lowest BCUT2D eigenvalue weighted by molar-refractivity contribution is -0.123. The zero-order chi connectivity index (χ0) is 21.1. The highest BCUT2D eigenvalue weighted by Crippen LogP contribution is 2.30. The van der Waals surface area contributed by atoms with Crippen LogP contribution in [-0.4, -0.2) is 28.0 Å². The second-order valence-corrected chi connectivity index (χ2v) is 8.63. The fraction of sp³-hybridized carbons (Fsp3) is 0.0526. The summed E-state index contributed by atoms with van der Waals surface area (Å²) in [6.07, 6.45) is 1.49. The lowest BCUT2D eigenvalue weighted by Crippen LogP contribution is -2.51. The van der Waals surface area contributed by atoms with Crippen LogP contribution in [0.2, 0.25) is 0 Å². The summed E-state index contributed by atoms with van der Waals surface area (Å²) in [7, 11) is 0. The van der Waals surface area contributed by atoms with E-state index >= 15 is 0 Å². The van der Waals surface area contributed by atoms with Crippen LogP contribution in [0.3, 0.4) is 0 Å². The number of carboxylic acids is 1. The minimum absolute atomic E-state index is 0.0125. The van der Waals surface area contributed by atoms with E-state index in [4.69, 9.17) is 22.1 Å². The first-order chi connectivity index (χ1) is 13.7. The van der Waals surface area contributed by atoms with Gasteiger partial charge in [-0.15, -0.1) is 0 Å². The van der Waals surface area contributed by atoms with Gasteiger partial charge in [-0.1, -0.05) is 12.1 Å². The zero-order valence-electron chi connectivity index (χ0n) is 14.5. The van der Waals surface area contributed by atoms with Crippen molar-refractivity contribution in [3.63, 3.8) is 0 Å². The molecule has 0 saturated carbocycles. The van der Waals surface area contributed by atoms with E-state index in [1.807, 2.05) is 0 Å². The van der Waals surface area contributed by atoms with Gasteiger partial charge in [-0.2, -0.15) is 0 Å². The molecule has 0 radical (unpaired) electrons. The van der Waals surface area contributed by atoms with E-state index in [-0.39, 0.29) is 22.9 Å². The minimum atomic E-state index is -0.978. The van der Waals surface area contributed by atoms with Crippen LogP contribution in [-0.2, 0) is 16.2 Å². The molecule has 3 rings (SSSR count). The number of rotatable bonds is 5. The Bertz CT molecular complexity index is 1020. The first-order valence-electron chi connectivity index (χ1n) is 8.07. The van der Waals surface area contributed by atoms with Crippen molar-refractivity contribution in [2.75, 3.05) is 0 Å². The molecule has 1 aliphatic heterocycles. The van der Waals surface area contributed by atoms with Crippen molar-refractivity contribution in [2.45, 2.75) is 6.61 Å². The van der Waals surface area contributed by atoms with Gasteiger partial charge in [-0.3, -0.25) is 20.2 Å². The molecule has 0 atom stereocenters. The molecule has 2 aromatic rings. The lowest BCUT2D eigenvalue weighted by atomic mass is 10.1. The summed E-state index contributed by atoms with van der Waals surface area (Å²) >= 11 is 9.02. The van der Waals surface area contributed by atoms with Gasteiger partial charge in [0.25, 0.3) is 11.8 Å². The number of halogens is 2. The van der Waals surface area contributed by atoms with Crippen LogP contribution in [0.25, 0.3) is 6.08 Å². The molecule has 2 aromatic carbocycles. The summed E-state index contributed by atoms with van der Waals surface area (Å²) in [5, 5.41) is 13.7. The van der Waals surface area contributed by atoms with Crippen molar-refractivity contribution in [3.8, 4) is 5.75 Å². The van der Waals surface area contributed by atoms with Crippen LogP contribution < -0.4 is 15.4 Å². The second-order valence-electron chi connectivity index (χ2n) is 5.90. The van der Waals surface area contributed by atoms with Gasteiger partial charge in [0.2, 0.25) is 0 Å². The van der Waals surface area contributed by atoms with Crippen molar-refractivity contribution in [1.82, 2.24) is 10.6 Å². The first kappa shape index (κ1) is 21.6. The van der Waals surface area contributed by atoms with E-state index in [1.54, 1.807) is 24.3 Å². The molecule has 2 amide bonds. The summed E-state index contributed by atoms with van der Waals surface area (Å²) in [5.74, 6) is -1.41. The summed E-state index contributed by atoms with van der Waals surface area (Å²) in [6, 6.07) is 10.0. The molecule has 1 fully saturated rings. The number of thiocarbonyl (C=S) groups is 1. The maximum Gasteiger partial charge on any atom is 0.335 e. The Hall–Kier alpha value is -2.06. The molecule has 1 saturated heterocycles. The van der Waals surface area contributed by atoms with Crippen molar-refractivity contribution in [1.29, 1.82) is 0 Å². The number of nitrogens with one attached hydrogen (secondary N) is 2. The van der Waals surface area contributed by atoms with Gasteiger partial charge in [0.1, 0.15) is 17.9 Å². The molecule has 0 aliphatic carbocycles. The van der Waals surface area contributed by atoms with Gasteiger partial charge < -0.3 is 9.84 Å². The number of carbonyl (C=O) groups is 3. The Morgan fingerprint density at radius 1 is 1.07 bits per heavy atom. The Morgan fingerprint density at radius 3 is 2.14 bits per heavy atom. The molecule has 3 N–H and O–H groups in total. The van der Waals surface area contributed by atoms with Crippen LogP contribution >= 0.6 is 57.4 Å². The number of benzene rings is 2. The molecule has 0 bridgehead atoms. The van der Waals surface area contributed by atoms with Crippen molar-refractivity contribution in [2.24, 2.45) is 0 Å². The fourth-order valence-corrected chi connectivity index (χ4v) is 4.79. The van der Waals surface area contributed by atoms with Crippen LogP contribution in [0.1, 0.15) is 21.5 Å². The average Bonchev–Trinajstić information content (AvgIpc) is 2.64. The zero-order valence-corrected chi connectivity index (χ0v) is 19.6. The molecule has 1 heterocycles. The van der Waals surface area contributed by atoms with Gasteiger partial charge in [0, 0.05) is 0 Å². The van der Waals surface area contributed by atoms with Crippen LogP contribution in [0.15, 0.2) is 42.0 Å². The molecule has 29 heavy (non-hydrogen) atoms. The van der Waals surface area contributed by atoms with Gasteiger partial charge in [0.15, 0.2) is 5.11 Å². The van der Waals surface area contributed by atoms with E-state index in [2.05, 4.69) is 55.8 Å². The van der Waals surface area contributed by atoms with E-state index < -0.39 is 17.8 Å². The third kappa shape index (κ3) is 5.30. The van der Waals surface area contributed by atoms with Gasteiger partial charge >= 0.3 is 5.97 Å². The average molecular weight is 634 g/mol. The molecular formula is C19H12I2N2O5S. The van der Waals surface area contributed by atoms with Gasteiger partial charge in [-0.25, -0.2) is 4.79 Å². The first-order valence-corrected chi connectivity index (χ1v) is 10.6. The molecular weight excluding hydrogens is 622 g/mol. The number of carboxylic acid groups (broad SMARTS) is 1. The molecule has 1 aliphatic rings. The predicted octanol–water partition coefficient (Wildman–Crippen LogP) is 3.09. The highest BCUT2D eigenvalue weighted by atomic mass is 127. The number of hydrogen-bond acceptors (Lipinski definition) is 5. The topological polar surface area (TPSA) is 105 Å². The summed E-state index contributed by atoms with van der Waals surface area (Å²) in [4.78, 5) is 34.9. The normalized spacial score (nSPS) is 13.6. The quantitative estimate of drug-likeness (QED) is 0.202. The van der Waals surface area contributed by atoms with E-state index in [1.165, 1.54) is 18.2 Å². The largest absolute Gasteiger partial charge is 0.487 e. The standard InChI is InChI=1S/C19H12I2N2O5S/c20-13-6-10(5-12-16(24)22-19(29)23-17(12)25)7-14(21)15(13)28-8-9-1-3-11(4-2-9)18(26)27/h1-7H,8H2,(H,26,27)(H2,22,23,24,25,29). The number of hydrogen-bond donors (Lipinski definition) is 3. The fourth-order valence-electron chi connectivity index (χ4n) is 2.47. The molecule has 0 spiro atoms. The summed E-state index contributed by atoms with van der Waals surface area (Å²) in [5.41, 5.74) is 1.69. The number of carbonyl (C=O) groups excluding carboxylic acids is 2. The maximum atomic E-state index is 12.0. The Kier molecular flexibility index (Phi) is 6.85. The third-order valence-corrected chi connectivity index (χ3v) is 5.67. The van der Waals surface area contributed by atoms with Crippen LogP contribution in [0.5, 0.6) is 5.75 Å². The molecule has 7 nitrogen and oxygen atoms in total. The number of amides is 2. The second kappa shape index (κ2) is 9.17. The van der Waals surface area contributed by atoms with Gasteiger partial charge in [0.05, 0.1) is 12.7 Å². The Labute approximate surface area is 198 Å². The minimum Gasteiger partial charge on any atom is -0.487 e. The monoisotopic (exact) mass is 634 g/mol. The van der Waals surface area contributed by atoms with Crippen molar-refractivity contribution < 1.29 is 24.2 Å². The SMILES string of the molecule is O=C1NC(=S)NC(=O)C1=Cc1cc(I)c(OCc2ccc(C(=O)O)cc2)c(I)c1. The van der Waals surface area contributed by atoms with Crippen molar-refractivity contribution >= 4 is 86.4 Å². The number of aromatic carboxylic acids is 1. The van der Waals surface area contributed by atoms with E-state index in [9.17, 15) is 14.4 Å². The summed E-state index contributed by atoms with van der Waals surface area (Å²) in [6.45, 7) is 0.272. The maximum absolute atomic E-state index is 12.0. The molecule has 0 unspecified atom stereocenters. The number of ether oxygens (including phenoxy) is 1. The highest BCUT2D eigenvalue weighted by Gasteiger charge is 2.25. The highest BCUT2D eigenvalue weighted by molar-refractivity contribution is 14.1. The Balaban J connectivity index is 1.78. The Morgan fingerprint density at radius 2 is 1.62 bits per heavy atom. The molecule has 10 heteroatoms. The smallest absolute Gasteiger partial charge is 0.335 e. The van der Waals surface area contributed by atoms with Gasteiger partial charge in [-0.05, 0) is 98.9 Å². The van der Waals surface area contributed by atoms with Crippen LogP contribution in [0.4, 0.5) is 0 Å². The molecule has 148 valence electrons. The summed E-state index contributed by atoms with van der Waals surface area (Å²) < 4.78 is 7.50. The molecule has 0 aromatic heterocycles. The van der Waals surface area contributed by atoms with E-state index in [0.717, 1.165) is 12.7 Å². The lowest BCUT2D eigenvalue weighted by Gasteiger charge is -2.16. The predicted molar refractivity (Wildman–Crippen MR) is 126 cm³/mol. The van der Waals surface area contributed by atoms with E-state index in [0.29, 0.717) is 11.3 Å².